The maximum absolute atomic E-state index is 9.56. The molecule has 0 atom stereocenters. The maximum Gasteiger partial charge on any atom is 0.309 e. The molecular formula is C5H12N4O5. The molecule has 0 radical (unpaired) electrons. The van der Waals surface area contributed by atoms with Gasteiger partial charge in [-0.05, 0) is 0 Å². The van der Waals surface area contributed by atoms with Gasteiger partial charge in [0.25, 0.3) is 0 Å². The van der Waals surface area contributed by atoms with Crippen molar-refractivity contribution in [2.24, 2.45) is 22.9 Å². The van der Waals surface area contributed by atoms with Crippen LogP contribution in [0.3, 0.4) is 0 Å². The molecular weight excluding hydrogens is 196 g/mol. The Bertz CT molecular complexity index is 184. The number of hydrogen-bond donors (Lipinski definition) is 5. The van der Waals surface area contributed by atoms with Crippen molar-refractivity contribution in [1.82, 2.24) is 0 Å². The highest BCUT2D eigenvalue weighted by molar-refractivity contribution is 6.25. The van der Waals surface area contributed by atoms with Crippen LogP contribution >= 0.6 is 0 Å². The van der Waals surface area contributed by atoms with E-state index in [1.807, 2.05) is 0 Å². The van der Waals surface area contributed by atoms with E-state index in [9.17, 15) is 9.59 Å². The van der Waals surface area contributed by atoms with Crippen LogP contribution < -0.4 is 22.9 Å². The highest BCUT2D eigenvalue weighted by atomic mass is 16.3. The van der Waals surface area contributed by atoms with Crippen molar-refractivity contribution in [3.8, 4) is 0 Å². The number of aldehydes is 1. The Morgan fingerprint density at radius 3 is 1.21 bits per heavy atom. The minimum atomic E-state index is -0.833. The molecule has 0 aliphatic rings. The van der Waals surface area contributed by atoms with Crippen molar-refractivity contribution in [2.45, 2.75) is 0 Å². The third-order valence-corrected chi connectivity index (χ3v) is 0.287. The molecule has 0 aliphatic carbocycles. The van der Waals surface area contributed by atoms with E-state index in [1.54, 1.807) is 0 Å². The van der Waals surface area contributed by atoms with E-state index in [1.165, 1.54) is 0 Å². The third-order valence-electron chi connectivity index (χ3n) is 0.287. The SMILES string of the molecule is NC(N)=O.NC(N)=O.O=CC(=O)CO. The molecule has 9 nitrogen and oxygen atoms in total. The topological polar surface area (TPSA) is 193 Å². The molecule has 0 unspecified atom stereocenters. The summed E-state index contributed by atoms with van der Waals surface area (Å²) >= 11 is 0. The predicted molar refractivity (Wildman–Crippen MR) is 45.7 cm³/mol. The number of aliphatic hydroxyl groups excluding tert-OH is 1. The number of nitrogens with two attached hydrogens (primary N) is 4. The van der Waals surface area contributed by atoms with Gasteiger partial charge >= 0.3 is 12.1 Å². The van der Waals surface area contributed by atoms with Crippen molar-refractivity contribution in [1.29, 1.82) is 0 Å². The molecule has 0 spiro atoms. The highest BCUT2D eigenvalue weighted by Gasteiger charge is 1.88. The summed E-state index contributed by atoms with van der Waals surface area (Å²) in [6.07, 6.45) is 0.0833. The van der Waals surface area contributed by atoms with E-state index >= 15 is 0 Å². The molecule has 0 heterocycles. The summed E-state index contributed by atoms with van der Waals surface area (Å²) in [5.74, 6) is -0.782. The van der Waals surface area contributed by atoms with Crippen LogP contribution in [-0.2, 0) is 9.59 Å². The zero-order chi connectivity index (χ0) is 12.1. The van der Waals surface area contributed by atoms with E-state index in [0.717, 1.165) is 0 Å². The standard InChI is InChI=1S/C3H4O3.2CH4N2O/c4-1-3(6)2-5;2*2-1(3)4/h1,5H,2H2;2*(H4,2,3,4). The number of carbonyl (C=O) groups is 4. The number of urea groups is 2. The fourth-order valence-electron chi connectivity index (χ4n) is 0.0373. The first kappa shape index (κ1) is 17.8. The summed E-state index contributed by atoms with van der Waals surface area (Å²) in [4.78, 5) is 36.8. The summed E-state index contributed by atoms with van der Waals surface area (Å²) in [6, 6.07) is -1.67. The molecule has 14 heavy (non-hydrogen) atoms. The van der Waals surface area contributed by atoms with Crippen molar-refractivity contribution in [2.75, 3.05) is 6.61 Å². The van der Waals surface area contributed by atoms with E-state index in [0.29, 0.717) is 0 Å². The summed E-state index contributed by atoms with van der Waals surface area (Å²) in [5, 5.41) is 7.75. The van der Waals surface area contributed by atoms with Crippen molar-refractivity contribution in [3.05, 3.63) is 0 Å². The Balaban J connectivity index is -0.000000135. The van der Waals surface area contributed by atoms with Crippen LogP contribution in [0.25, 0.3) is 0 Å². The van der Waals surface area contributed by atoms with E-state index in [2.05, 4.69) is 22.9 Å². The summed E-state index contributed by atoms with van der Waals surface area (Å²) in [5.41, 5.74) is 17.0. The number of hydrogen-bond acceptors (Lipinski definition) is 5. The summed E-state index contributed by atoms with van der Waals surface area (Å²) in [6.45, 7) is -0.677. The molecule has 0 saturated carbocycles. The number of primary amides is 4. The Kier molecular flexibility index (Phi) is 17.1. The van der Waals surface area contributed by atoms with Gasteiger partial charge < -0.3 is 28.0 Å². The summed E-state index contributed by atoms with van der Waals surface area (Å²) in [7, 11) is 0. The fourth-order valence-corrected chi connectivity index (χ4v) is 0.0373. The van der Waals surface area contributed by atoms with Gasteiger partial charge in [-0.2, -0.15) is 0 Å². The number of ketones is 1. The van der Waals surface area contributed by atoms with Crippen LogP contribution in [0.2, 0.25) is 0 Å². The van der Waals surface area contributed by atoms with Gasteiger partial charge in [0.2, 0.25) is 5.78 Å². The first-order valence-corrected chi connectivity index (χ1v) is 2.96. The zero-order valence-electron chi connectivity index (χ0n) is 7.17. The predicted octanol–water partition coefficient (Wildman–Crippen LogP) is -3.21. The molecule has 82 valence electrons. The van der Waals surface area contributed by atoms with Crippen LogP contribution in [0.1, 0.15) is 0 Å². The molecule has 4 amide bonds. The van der Waals surface area contributed by atoms with Gasteiger partial charge in [-0.15, -0.1) is 0 Å². The van der Waals surface area contributed by atoms with Gasteiger partial charge in [0, 0.05) is 0 Å². The first-order valence-electron chi connectivity index (χ1n) is 2.96. The Morgan fingerprint density at radius 1 is 1.00 bits per heavy atom. The molecule has 0 saturated heterocycles. The number of rotatable bonds is 2. The molecule has 0 aromatic rings. The molecule has 0 aromatic carbocycles. The second kappa shape index (κ2) is 13.4. The third kappa shape index (κ3) is 227. The van der Waals surface area contributed by atoms with E-state index in [4.69, 9.17) is 14.7 Å². The molecule has 9 heteroatoms. The molecule has 0 aliphatic heterocycles. The Labute approximate surface area is 79.0 Å². The van der Waals surface area contributed by atoms with Crippen LogP contribution in [-0.4, -0.2) is 35.8 Å². The van der Waals surface area contributed by atoms with Gasteiger partial charge in [-0.1, -0.05) is 0 Å². The number of Topliss-reactive ketones (excluding diaryl/α,β-unsaturated/α-hetero) is 1. The van der Waals surface area contributed by atoms with Crippen LogP contribution in [0.5, 0.6) is 0 Å². The Morgan fingerprint density at radius 2 is 1.21 bits per heavy atom. The number of amides is 4. The number of aliphatic hydroxyl groups is 1. The largest absolute Gasteiger partial charge is 0.388 e. The van der Waals surface area contributed by atoms with Gasteiger partial charge in [-0.25, -0.2) is 9.59 Å². The van der Waals surface area contributed by atoms with Crippen molar-refractivity contribution in [3.63, 3.8) is 0 Å². The van der Waals surface area contributed by atoms with Gasteiger partial charge in [0.15, 0.2) is 6.29 Å². The zero-order valence-corrected chi connectivity index (χ0v) is 7.17. The fraction of sp³-hybridized carbons (Fsp3) is 0.200. The molecule has 0 rings (SSSR count). The van der Waals surface area contributed by atoms with Gasteiger partial charge in [0.1, 0.15) is 6.61 Å². The molecule has 0 bridgehead atoms. The van der Waals surface area contributed by atoms with Crippen LogP contribution in [0.4, 0.5) is 9.59 Å². The smallest absolute Gasteiger partial charge is 0.309 e. The van der Waals surface area contributed by atoms with Crippen molar-refractivity contribution >= 4 is 24.1 Å². The number of carbonyl (C=O) groups excluding carboxylic acids is 4. The molecule has 0 aromatic heterocycles. The normalized spacial score (nSPS) is 6.64. The lowest BCUT2D eigenvalue weighted by atomic mass is 10.5. The lowest BCUT2D eigenvalue weighted by Crippen LogP contribution is -2.18. The minimum Gasteiger partial charge on any atom is -0.388 e. The van der Waals surface area contributed by atoms with Crippen LogP contribution in [0, 0.1) is 0 Å². The average molecular weight is 208 g/mol. The van der Waals surface area contributed by atoms with E-state index in [-0.39, 0.29) is 6.29 Å². The molecule has 9 N–H and O–H groups in total. The second-order valence-corrected chi connectivity index (χ2v) is 1.55. The average Bonchev–Trinajstić information content (AvgIpc) is 2.01. The van der Waals surface area contributed by atoms with Crippen molar-refractivity contribution < 1.29 is 24.3 Å². The lowest BCUT2D eigenvalue weighted by Gasteiger charge is -1.71. The summed E-state index contributed by atoms with van der Waals surface area (Å²) < 4.78 is 0. The van der Waals surface area contributed by atoms with Gasteiger partial charge in [0.05, 0.1) is 0 Å². The maximum atomic E-state index is 9.56. The monoisotopic (exact) mass is 208 g/mol. The second-order valence-electron chi connectivity index (χ2n) is 1.55. The molecule has 0 fully saturated rings. The Hall–Kier alpha value is -2.16. The van der Waals surface area contributed by atoms with E-state index < -0.39 is 24.5 Å². The highest BCUT2D eigenvalue weighted by Crippen LogP contribution is 1.53. The van der Waals surface area contributed by atoms with Gasteiger partial charge in [-0.3, -0.25) is 9.59 Å². The quantitative estimate of drug-likeness (QED) is 0.235. The lowest BCUT2D eigenvalue weighted by molar-refractivity contribution is -0.131. The first-order chi connectivity index (χ1) is 6.27. The minimum absolute atomic E-state index is 0.0833. The van der Waals surface area contributed by atoms with Crippen LogP contribution in [0.15, 0.2) is 0 Å².